The molecule has 1 radical (unpaired) electrons. The Hall–Kier alpha value is -1.56. The summed E-state index contributed by atoms with van der Waals surface area (Å²) in [5.74, 6) is 1.67. The van der Waals surface area contributed by atoms with E-state index in [2.05, 4.69) is 57.0 Å². The number of hydrogen-bond donors (Lipinski definition) is 1. The fourth-order valence-corrected chi connectivity index (χ4v) is 4.35. The third-order valence-electron chi connectivity index (χ3n) is 5.84. The molecule has 29 heavy (non-hydrogen) atoms. The van der Waals surface area contributed by atoms with Crippen molar-refractivity contribution >= 4 is 23.1 Å². The van der Waals surface area contributed by atoms with Crippen molar-refractivity contribution < 1.29 is 37.5 Å². The number of likely N-dealkylation sites (tertiary alicyclic amines) is 1. The smallest absolute Gasteiger partial charge is 0.106 e. The van der Waals surface area contributed by atoms with Crippen molar-refractivity contribution in [3.8, 4) is 0 Å². The average Bonchev–Trinajstić information content (AvgIpc) is 3.04. The van der Waals surface area contributed by atoms with Gasteiger partial charge in [0, 0.05) is 39.3 Å². The monoisotopic (exact) mass is 464 g/mol. The standard InChI is InChI=1S/C23H27N4O.Y/c1-18-25-22-8-2-3-9-23(22)27(18)13-5-12-26-14-10-19(11-15-26)20-6-4-7-21(16-20)24-17-28;/h2-4,6-9,16,19H,5,10-15H2,1H3,(H,24,28);/q-1;. The van der Waals surface area contributed by atoms with Crippen LogP contribution in [0.1, 0.15) is 36.6 Å². The van der Waals surface area contributed by atoms with Gasteiger partial charge in [-0.3, -0.25) is 0 Å². The molecule has 2 aromatic carbocycles. The SMILES string of the molecule is Cc1nc2ccccc2n1CCCN1CCC(c2cccc(N[C-]=O)c2)CC1.[Y]. The van der Waals surface area contributed by atoms with E-state index in [0.29, 0.717) is 5.92 Å². The second kappa shape index (κ2) is 10.5. The molecule has 1 N–H and O–H groups in total. The molecule has 3 aromatic rings. The molecule has 1 amide bonds. The second-order valence-electron chi connectivity index (χ2n) is 7.62. The van der Waals surface area contributed by atoms with Crippen LogP contribution in [-0.4, -0.2) is 40.5 Å². The molecule has 5 nitrogen and oxygen atoms in total. The number of rotatable bonds is 7. The van der Waals surface area contributed by atoms with Gasteiger partial charge in [0.1, 0.15) is 5.82 Å². The molecule has 0 unspecified atom stereocenters. The molecule has 1 fully saturated rings. The van der Waals surface area contributed by atoms with Crippen LogP contribution in [0.15, 0.2) is 48.5 Å². The van der Waals surface area contributed by atoms with Gasteiger partial charge in [-0.1, -0.05) is 29.8 Å². The Morgan fingerprint density at radius 1 is 1.10 bits per heavy atom. The summed E-state index contributed by atoms with van der Waals surface area (Å²) in [7, 11) is 0. The van der Waals surface area contributed by atoms with E-state index in [1.54, 1.807) is 6.41 Å². The van der Waals surface area contributed by atoms with E-state index in [1.165, 1.54) is 23.9 Å². The number of fused-ring (bicyclic) bond motifs is 1. The molecule has 6 heteroatoms. The first kappa shape index (κ1) is 22.1. The number of anilines is 1. The summed E-state index contributed by atoms with van der Waals surface area (Å²) in [6.07, 6.45) is 5.23. The molecule has 4 rings (SSSR count). The molecule has 0 bridgehead atoms. The zero-order valence-corrected chi connectivity index (χ0v) is 19.8. The molecular formula is C23H27N4OY-. The van der Waals surface area contributed by atoms with Crippen molar-refractivity contribution in [1.29, 1.82) is 0 Å². The maximum absolute atomic E-state index is 10.5. The van der Waals surface area contributed by atoms with Gasteiger partial charge in [0.25, 0.3) is 0 Å². The molecule has 0 saturated carbocycles. The van der Waals surface area contributed by atoms with E-state index in [4.69, 9.17) is 0 Å². The number of imidazole rings is 1. The van der Waals surface area contributed by atoms with Gasteiger partial charge in [-0.25, -0.2) is 4.98 Å². The van der Waals surface area contributed by atoms with E-state index in [9.17, 15) is 4.79 Å². The second-order valence-corrected chi connectivity index (χ2v) is 7.62. The molecule has 149 valence electrons. The summed E-state index contributed by atoms with van der Waals surface area (Å²) in [6, 6.07) is 16.5. The summed E-state index contributed by atoms with van der Waals surface area (Å²) in [6.45, 7) is 6.50. The van der Waals surface area contributed by atoms with Gasteiger partial charge in [0.05, 0.1) is 17.4 Å². The van der Waals surface area contributed by atoms with E-state index in [1.807, 2.05) is 18.2 Å². The fraction of sp³-hybridized carbons (Fsp3) is 0.391. The van der Waals surface area contributed by atoms with Gasteiger partial charge in [0.2, 0.25) is 0 Å². The Balaban J connectivity index is 0.00000240. The number of aryl methyl sites for hydroxylation is 2. The van der Waals surface area contributed by atoms with Crippen molar-refractivity contribution in [2.24, 2.45) is 0 Å². The first-order valence-electron chi connectivity index (χ1n) is 10.1. The minimum absolute atomic E-state index is 0. The Kier molecular flexibility index (Phi) is 7.99. The predicted molar refractivity (Wildman–Crippen MR) is 113 cm³/mol. The van der Waals surface area contributed by atoms with Crippen LogP contribution in [0.3, 0.4) is 0 Å². The molecule has 1 aromatic heterocycles. The summed E-state index contributed by atoms with van der Waals surface area (Å²) >= 11 is 0. The Morgan fingerprint density at radius 2 is 1.90 bits per heavy atom. The molecule has 1 aliphatic rings. The van der Waals surface area contributed by atoms with Crippen LogP contribution in [0.2, 0.25) is 0 Å². The van der Waals surface area contributed by atoms with Gasteiger partial charge in [-0.2, -0.15) is 0 Å². The Bertz CT molecular complexity index is 947. The van der Waals surface area contributed by atoms with Crippen molar-refractivity contribution in [1.82, 2.24) is 14.5 Å². The van der Waals surface area contributed by atoms with Gasteiger partial charge in [-0.05, 0) is 63.9 Å². The maximum atomic E-state index is 10.5. The van der Waals surface area contributed by atoms with Gasteiger partial charge >= 0.3 is 0 Å². The summed E-state index contributed by atoms with van der Waals surface area (Å²) in [4.78, 5) is 17.8. The number of benzene rings is 2. The van der Waals surface area contributed by atoms with Crippen molar-refractivity contribution in [3.63, 3.8) is 0 Å². The number of amides is 1. The van der Waals surface area contributed by atoms with Crippen molar-refractivity contribution in [3.05, 3.63) is 59.9 Å². The van der Waals surface area contributed by atoms with Gasteiger partial charge in [-0.15, -0.1) is 17.8 Å². The Labute approximate surface area is 197 Å². The predicted octanol–water partition coefficient (Wildman–Crippen LogP) is 4.09. The van der Waals surface area contributed by atoms with Crippen LogP contribution in [0, 0.1) is 6.92 Å². The summed E-state index contributed by atoms with van der Waals surface area (Å²) < 4.78 is 2.34. The molecule has 0 aliphatic carbocycles. The number of carbonyl (C=O) groups excluding carboxylic acids is 1. The molecule has 1 saturated heterocycles. The van der Waals surface area contributed by atoms with E-state index >= 15 is 0 Å². The van der Waals surface area contributed by atoms with Crippen LogP contribution in [0.5, 0.6) is 0 Å². The zero-order valence-electron chi connectivity index (χ0n) is 17.0. The third kappa shape index (κ3) is 5.33. The molecular weight excluding hydrogens is 437 g/mol. The van der Waals surface area contributed by atoms with E-state index in [0.717, 1.165) is 49.6 Å². The van der Waals surface area contributed by atoms with Crippen LogP contribution in [0.4, 0.5) is 5.69 Å². The van der Waals surface area contributed by atoms with Gasteiger partial charge in [0.15, 0.2) is 0 Å². The quantitative estimate of drug-likeness (QED) is 0.423. The minimum atomic E-state index is 0. The molecule has 0 spiro atoms. The summed E-state index contributed by atoms with van der Waals surface area (Å²) in [5.41, 5.74) is 4.47. The summed E-state index contributed by atoms with van der Waals surface area (Å²) in [5, 5.41) is 2.63. The fourth-order valence-electron chi connectivity index (χ4n) is 4.35. The Morgan fingerprint density at radius 3 is 2.69 bits per heavy atom. The number of nitrogens with one attached hydrogen (secondary N) is 1. The number of nitrogens with zero attached hydrogens (tertiary/aromatic N) is 3. The van der Waals surface area contributed by atoms with E-state index < -0.39 is 0 Å². The van der Waals surface area contributed by atoms with Crippen LogP contribution in [-0.2, 0) is 44.0 Å². The van der Waals surface area contributed by atoms with Gasteiger partial charge < -0.3 is 19.6 Å². The average molecular weight is 464 g/mol. The first-order valence-corrected chi connectivity index (χ1v) is 10.1. The third-order valence-corrected chi connectivity index (χ3v) is 5.84. The maximum Gasteiger partial charge on any atom is 0.106 e. The normalized spacial score (nSPS) is 15.2. The van der Waals surface area contributed by atoms with Crippen LogP contribution >= 0.6 is 0 Å². The molecule has 2 heterocycles. The number of aromatic nitrogens is 2. The van der Waals surface area contributed by atoms with Crippen LogP contribution < -0.4 is 5.32 Å². The number of piperidine rings is 1. The minimum Gasteiger partial charge on any atom is -0.490 e. The van der Waals surface area contributed by atoms with Crippen molar-refractivity contribution in [2.75, 3.05) is 25.0 Å². The van der Waals surface area contributed by atoms with Crippen molar-refractivity contribution in [2.45, 2.75) is 38.6 Å². The topological polar surface area (TPSA) is 50.2 Å². The number of hydrogen-bond acceptors (Lipinski definition) is 3. The zero-order chi connectivity index (χ0) is 19.3. The van der Waals surface area contributed by atoms with E-state index in [-0.39, 0.29) is 32.7 Å². The van der Waals surface area contributed by atoms with Crippen LogP contribution in [0.25, 0.3) is 11.0 Å². The largest absolute Gasteiger partial charge is 0.490 e. The molecule has 1 aliphatic heterocycles. The number of para-hydroxylation sites is 2. The first-order chi connectivity index (χ1) is 13.7. The molecule has 0 atom stereocenters.